The van der Waals surface area contributed by atoms with Crippen molar-refractivity contribution in [3.05, 3.63) is 11.8 Å². The van der Waals surface area contributed by atoms with Crippen LogP contribution in [0.25, 0.3) is 0 Å². The molecule has 2 heterocycles. The lowest BCUT2D eigenvalue weighted by Gasteiger charge is -2.36. The van der Waals surface area contributed by atoms with Crippen molar-refractivity contribution in [2.75, 3.05) is 29.9 Å². The topological polar surface area (TPSA) is 50.3 Å². The fourth-order valence-corrected chi connectivity index (χ4v) is 2.34. The molecule has 118 valence electrons. The minimum Gasteiger partial charge on any atom is -0.372 e. The summed E-state index contributed by atoms with van der Waals surface area (Å²) in [5.41, 5.74) is -0.935. The van der Waals surface area contributed by atoms with Crippen LogP contribution in [0.2, 0.25) is 0 Å². The highest BCUT2D eigenvalue weighted by molar-refractivity contribution is 5.46. The van der Waals surface area contributed by atoms with Crippen LogP contribution in [0.3, 0.4) is 0 Å². The first kappa shape index (κ1) is 15.8. The van der Waals surface area contributed by atoms with Crippen molar-refractivity contribution in [3.63, 3.8) is 0 Å². The molecule has 1 aromatic rings. The molecule has 0 aliphatic carbocycles. The van der Waals surface area contributed by atoms with Gasteiger partial charge in [0.2, 0.25) is 5.95 Å². The average molecular weight is 304 g/mol. The number of nitrogens with one attached hydrogen (secondary N) is 1. The van der Waals surface area contributed by atoms with Crippen LogP contribution in [0.15, 0.2) is 6.07 Å². The van der Waals surface area contributed by atoms with Gasteiger partial charge >= 0.3 is 6.18 Å². The first-order chi connectivity index (χ1) is 9.79. The molecule has 1 aliphatic rings. The zero-order valence-corrected chi connectivity index (χ0v) is 12.2. The molecule has 2 rings (SSSR count). The Bertz CT molecular complexity index is 485. The second-order valence-corrected chi connectivity index (χ2v) is 5.13. The normalized spacial score (nSPS) is 23.2. The summed E-state index contributed by atoms with van der Waals surface area (Å²) in [6.07, 6.45) is -4.60. The smallest absolute Gasteiger partial charge is 0.372 e. The molecule has 0 aromatic carbocycles. The van der Waals surface area contributed by atoms with E-state index in [0.717, 1.165) is 6.07 Å². The molecule has 0 spiro atoms. The summed E-state index contributed by atoms with van der Waals surface area (Å²) in [4.78, 5) is 9.50. The van der Waals surface area contributed by atoms with Gasteiger partial charge in [0.25, 0.3) is 0 Å². The number of ether oxygens (including phenoxy) is 1. The van der Waals surface area contributed by atoms with Crippen LogP contribution < -0.4 is 10.2 Å². The van der Waals surface area contributed by atoms with Crippen molar-refractivity contribution in [3.8, 4) is 0 Å². The molecule has 5 nitrogen and oxygen atoms in total. The maximum Gasteiger partial charge on any atom is 0.433 e. The van der Waals surface area contributed by atoms with Gasteiger partial charge in [0.05, 0.1) is 12.2 Å². The molecular weight excluding hydrogens is 285 g/mol. The lowest BCUT2D eigenvalue weighted by Crippen LogP contribution is -2.46. The van der Waals surface area contributed by atoms with Crippen LogP contribution in [-0.2, 0) is 10.9 Å². The third kappa shape index (κ3) is 3.96. The summed E-state index contributed by atoms with van der Waals surface area (Å²) in [7, 11) is 0. The van der Waals surface area contributed by atoms with Crippen molar-refractivity contribution < 1.29 is 17.9 Å². The van der Waals surface area contributed by atoms with E-state index in [4.69, 9.17) is 4.74 Å². The second-order valence-electron chi connectivity index (χ2n) is 5.13. The van der Waals surface area contributed by atoms with E-state index in [-0.39, 0.29) is 24.0 Å². The molecule has 1 saturated heterocycles. The molecule has 1 aromatic heterocycles. The minimum atomic E-state index is -4.49. The Labute approximate surface area is 121 Å². The predicted molar refractivity (Wildman–Crippen MR) is 73.4 cm³/mol. The Morgan fingerprint density at radius 3 is 2.43 bits per heavy atom. The molecule has 1 N–H and O–H groups in total. The van der Waals surface area contributed by atoms with E-state index in [0.29, 0.717) is 19.6 Å². The van der Waals surface area contributed by atoms with E-state index in [2.05, 4.69) is 15.3 Å². The zero-order chi connectivity index (χ0) is 15.6. The van der Waals surface area contributed by atoms with Crippen molar-refractivity contribution in [1.29, 1.82) is 0 Å². The summed E-state index contributed by atoms with van der Waals surface area (Å²) in [5.74, 6) is 0.268. The zero-order valence-electron chi connectivity index (χ0n) is 12.2. The van der Waals surface area contributed by atoms with Crippen molar-refractivity contribution in [2.24, 2.45) is 0 Å². The number of aromatic nitrogens is 2. The molecule has 0 unspecified atom stereocenters. The molecule has 2 atom stereocenters. The minimum absolute atomic E-state index is 0.00544. The summed E-state index contributed by atoms with van der Waals surface area (Å²) in [5, 5.41) is 2.74. The van der Waals surface area contributed by atoms with Crippen LogP contribution in [0.4, 0.5) is 24.9 Å². The Kier molecular flexibility index (Phi) is 4.55. The van der Waals surface area contributed by atoms with Crippen molar-refractivity contribution in [2.45, 2.75) is 39.2 Å². The number of nitrogens with zero attached hydrogens (tertiary/aromatic N) is 3. The molecule has 21 heavy (non-hydrogen) atoms. The number of morpholine rings is 1. The molecule has 1 aliphatic heterocycles. The Morgan fingerprint density at radius 2 is 1.90 bits per heavy atom. The molecule has 1 fully saturated rings. The number of halogens is 3. The van der Waals surface area contributed by atoms with Crippen LogP contribution in [-0.4, -0.2) is 41.8 Å². The molecule has 0 bridgehead atoms. The van der Waals surface area contributed by atoms with Crippen LogP contribution in [0, 0.1) is 0 Å². The van der Waals surface area contributed by atoms with E-state index in [1.54, 1.807) is 11.8 Å². The van der Waals surface area contributed by atoms with Crippen LogP contribution >= 0.6 is 0 Å². The second kappa shape index (κ2) is 6.05. The highest BCUT2D eigenvalue weighted by atomic mass is 19.4. The first-order valence-corrected chi connectivity index (χ1v) is 6.90. The summed E-state index contributed by atoms with van der Waals surface area (Å²) in [6.45, 7) is 7.02. The van der Waals surface area contributed by atoms with E-state index in [9.17, 15) is 13.2 Å². The van der Waals surface area contributed by atoms with E-state index in [1.165, 1.54) is 0 Å². The maximum atomic E-state index is 12.9. The summed E-state index contributed by atoms with van der Waals surface area (Å²) < 4.78 is 44.4. The highest BCUT2D eigenvalue weighted by Gasteiger charge is 2.35. The molecule has 0 amide bonds. The third-order valence-corrected chi connectivity index (χ3v) is 3.08. The maximum absolute atomic E-state index is 12.9. The average Bonchev–Trinajstić information content (AvgIpc) is 2.36. The Balaban J connectivity index is 2.35. The van der Waals surface area contributed by atoms with Gasteiger partial charge < -0.3 is 15.0 Å². The number of alkyl halides is 3. The highest BCUT2D eigenvalue weighted by Crippen LogP contribution is 2.31. The lowest BCUT2D eigenvalue weighted by atomic mass is 10.2. The van der Waals surface area contributed by atoms with Gasteiger partial charge in [-0.1, -0.05) is 0 Å². The van der Waals surface area contributed by atoms with E-state index >= 15 is 0 Å². The Morgan fingerprint density at radius 1 is 1.29 bits per heavy atom. The number of hydrogen-bond donors (Lipinski definition) is 1. The predicted octanol–water partition coefficient (Wildman–Crippen LogP) is 2.54. The summed E-state index contributed by atoms with van der Waals surface area (Å²) in [6, 6.07) is 0.992. The number of anilines is 2. The van der Waals surface area contributed by atoms with Gasteiger partial charge in [-0.3, -0.25) is 0 Å². The van der Waals surface area contributed by atoms with Gasteiger partial charge in [-0.05, 0) is 20.8 Å². The monoisotopic (exact) mass is 304 g/mol. The van der Waals surface area contributed by atoms with Gasteiger partial charge in [0.15, 0.2) is 5.69 Å². The first-order valence-electron chi connectivity index (χ1n) is 6.90. The van der Waals surface area contributed by atoms with E-state index < -0.39 is 11.9 Å². The molecular formula is C13H19F3N4O. The van der Waals surface area contributed by atoms with Gasteiger partial charge in [0, 0.05) is 25.7 Å². The number of rotatable bonds is 3. The van der Waals surface area contributed by atoms with Gasteiger partial charge in [-0.15, -0.1) is 0 Å². The van der Waals surface area contributed by atoms with Crippen LogP contribution in [0.1, 0.15) is 26.5 Å². The van der Waals surface area contributed by atoms with Gasteiger partial charge in [0.1, 0.15) is 5.82 Å². The van der Waals surface area contributed by atoms with Crippen LogP contribution in [0.5, 0.6) is 0 Å². The quantitative estimate of drug-likeness (QED) is 0.930. The van der Waals surface area contributed by atoms with Crippen molar-refractivity contribution >= 4 is 11.8 Å². The standard InChI is InChI=1S/C13H19F3N4O/c1-4-17-12-18-10(13(14,15)16)5-11(19-12)20-6-8(2)21-9(3)7-20/h5,8-9H,4,6-7H2,1-3H3,(H,17,18,19)/t8-,9+. The summed E-state index contributed by atoms with van der Waals surface area (Å²) >= 11 is 0. The molecule has 0 radical (unpaired) electrons. The van der Waals surface area contributed by atoms with E-state index in [1.807, 2.05) is 13.8 Å². The fraction of sp³-hybridized carbons (Fsp3) is 0.692. The molecule has 0 saturated carbocycles. The number of hydrogen-bond acceptors (Lipinski definition) is 5. The Hall–Kier alpha value is -1.57. The lowest BCUT2D eigenvalue weighted by molar-refractivity contribution is -0.141. The largest absolute Gasteiger partial charge is 0.433 e. The third-order valence-electron chi connectivity index (χ3n) is 3.08. The van der Waals surface area contributed by atoms with Gasteiger partial charge in [-0.2, -0.15) is 18.2 Å². The molecule has 8 heteroatoms. The fourth-order valence-electron chi connectivity index (χ4n) is 2.34. The van der Waals surface area contributed by atoms with Crippen molar-refractivity contribution in [1.82, 2.24) is 9.97 Å². The van der Waals surface area contributed by atoms with Gasteiger partial charge in [-0.25, -0.2) is 4.98 Å². The SMILES string of the molecule is CCNc1nc(N2C[C@@H](C)O[C@@H](C)C2)cc(C(F)(F)F)n1.